The summed E-state index contributed by atoms with van der Waals surface area (Å²) in [6.45, 7) is 2.55. The maximum atomic E-state index is 13.2. The number of nitrogens with one attached hydrogen (secondary N) is 1. The number of amides is 2. The van der Waals surface area contributed by atoms with Gasteiger partial charge in [0.15, 0.2) is 0 Å². The number of hydrogen-bond donors (Lipinski definition) is 1. The van der Waals surface area contributed by atoms with E-state index in [1.54, 1.807) is 4.90 Å². The van der Waals surface area contributed by atoms with Crippen molar-refractivity contribution in [3.8, 4) is 16.9 Å². The minimum Gasteiger partial charge on any atom is -0.329 e. The van der Waals surface area contributed by atoms with Gasteiger partial charge in [0.1, 0.15) is 6.54 Å². The summed E-state index contributed by atoms with van der Waals surface area (Å²) < 4.78 is 1.87. The van der Waals surface area contributed by atoms with E-state index < -0.39 is 0 Å². The van der Waals surface area contributed by atoms with Gasteiger partial charge in [0.25, 0.3) is 5.91 Å². The first kappa shape index (κ1) is 22.6. The summed E-state index contributed by atoms with van der Waals surface area (Å²) in [6.07, 6.45) is 4.11. The Morgan fingerprint density at radius 2 is 1.60 bits per heavy atom. The van der Waals surface area contributed by atoms with E-state index >= 15 is 0 Å². The first-order valence-corrected chi connectivity index (χ1v) is 11.9. The highest BCUT2D eigenvalue weighted by Gasteiger charge is 2.29. The Hall–Kier alpha value is -4.19. The maximum Gasteiger partial charge on any atom is 0.254 e. The number of rotatable bonds is 8. The Morgan fingerprint density at radius 1 is 0.943 bits per heavy atom. The molecule has 0 aliphatic heterocycles. The smallest absolute Gasteiger partial charge is 0.254 e. The summed E-state index contributed by atoms with van der Waals surface area (Å²) >= 11 is 0. The Morgan fingerprint density at radius 3 is 2.26 bits per heavy atom. The monoisotopic (exact) mass is 464 g/mol. The molecule has 176 valence electrons. The van der Waals surface area contributed by atoms with Gasteiger partial charge in [-0.2, -0.15) is 0 Å². The van der Waals surface area contributed by atoms with Crippen molar-refractivity contribution < 1.29 is 9.59 Å². The van der Waals surface area contributed by atoms with E-state index in [1.807, 2.05) is 103 Å². The van der Waals surface area contributed by atoms with E-state index in [4.69, 9.17) is 4.98 Å². The van der Waals surface area contributed by atoms with Crippen LogP contribution in [0.25, 0.3) is 16.9 Å². The van der Waals surface area contributed by atoms with Crippen LogP contribution in [0, 0.1) is 12.8 Å². The van der Waals surface area contributed by atoms with Gasteiger partial charge in [-0.15, -0.1) is 0 Å². The third-order valence-corrected chi connectivity index (χ3v) is 6.16. The molecule has 1 saturated carbocycles. The van der Waals surface area contributed by atoms with Gasteiger partial charge in [0.2, 0.25) is 11.9 Å². The van der Waals surface area contributed by atoms with Crippen LogP contribution in [-0.2, 0) is 4.79 Å². The number of para-hydroxylation sites is 1. The number of carbonyl (C=O) groups excluding carboxylic acids is 2. The lowest BCUT2D eigenvalue weighted by atomic mass is 10.1. The fourth-order valence-corrected chi connectivity index (χ4v) is 4.05. The van der Waals surface area contributed by atoms with Gasteiger partial charge < -0.3 is 4.90 Å². The number of hydrogen-bond acceptors (Lipinski definition) is 3. The lowest BCUT2D eigenvalue weighted by Crippen LogP contribution is -2.39. The molecule has 6 heteroatoms. The van der Waals surface area contributed by atoms with Crippen molar-refractivity contribution in [2.24, 2.45) is 5.92 Å². The average molecular weight is 465 g/mol. The van der Waals surface area contributed by atoms with Crippen molar-refractivity contribution in [1.82, 2.24) is 14.5 Å². The summed E-state index contributed by atoms with van der Waals surface area (Å²) in [7, 11) is 0. The molecule has 1 fully saturated rings. The van der Waals surface area contributed by atoms with Crippen LogP contribution in [0.3, 0.4) is 0 Å². The second kappa shape index (κ2) is 9.97. The van der Waals surface area contributed by atoms with Crippen LogP contribution in [0.5, 0.6) is 0 Å². The van der Waals surface area contributed by atoms with E-state index in [2.05, 4.69) is 5.32 Å². The van der Waals surface area contributed by atoms with Crippen LogP contribution in [0.4, 0.5) is 5.95 Å². The predicted octanol–water partition coefficient (Wildman–Crippen LogP) is 5.34. The molecule has 0 radical (unpaired) electrons. The quantitative estimate of drug-likeness (QED) is 0.383. The fraction of sp³-hybridized carbons (Fsp3) is 0.207. The van der Waals surface area contributed by atoms with Crippen LogP contribution >= 0.6 is 0 Å². The first-order chi connectivity index (χ1) is 17.1. The van der Waals surface area contributed by atoms with E-state index in [0.29, 0.717) is 24.0 Å². The van der Waals surface area contributed by atoms with Gasteiger partial charge in [-0.1, -0.05) is 66.2 Å². The van der Waals surface area contributed by atoms with Crippen LogP contribution < -0.4 is 5.32 Å². The van der Waals surface area contributed by atoms with Crippen molar-refractivity contribution in [2.45, 2.75) is 19.8 Å². The first-order valence-electron chi connectivity index (χ1n) is 11.9. The highest BCUT2D eigenvalue weighted by atomic mass is 16.2. The molecule has 1 aliphatic rings. The van der Waals surface area contributed by atoms with Crippen LogP contribution in [0.1, 0.15) is 28.8 Å². The third-order valence-electron chi connectivity index (χ3n) is 6.16. The number of carbonyl (C=O) groups is 2. The lowest BCUT2D eigenvalue weighted by molar-refractivity contribution is -0.117. The molecule has 1 aliphatic carbocycles. The Balaban J connectivity index is 1.39. The van der Waals surface area contributed by atoms with Crippen molar-refractivity contribution in [3.63, 3.8) is 0 Å². The number of benzene rings is 3. The van der Waals surface area contributed by atoms with E-state index in [0.717, 1.165) is 35.3 Å². The van der Waals surface area contributed by atoms with Crippen LogP contribution in [-0.4, -0.2) is 39.4 Å². The zero-order valence-corrected chi connectivity index (χ0v) is 19.7. The molecule has 35 heavy (non-hydrogen) atoms. The molecule has 0 atom stereocenters. The molecular formula is C29H28N4O2. The molecular weight excluding hydrogens is 436 g/mol. The zero-order chi connectivity index (χ0) is 24.2. The summed E-state index contributed by atoms with van der Waals surface area (Å²) in [6, 6.07) is 27.1. The summed E-state index contributed by atoms with van der Waals surface area (Å²) in [5, 5.41) is 2.96. The average Bonchev–Trinajstić information content (AvgIpc) is 3.61. The molecule has 4 aromatic rings. The second-order valence-electron chi connectivity index (χ2n) is 9.06. The van der Waals surface area contributed by atoms with E-state index in [1.165, 1.54) is 0 Å². The van der Waals surface area contributed by atoms with Crippen molar-refractivity contribution >= 4 is 17.8 Å². The molecule has 0 saturated heterocycles. The normalized spacial score (nSPS) is 12.8. The second-order valence-corrected chi connectivity index (χ2v) is 9.06. The van der Waals surface area contributed by atoms with Gasteiger partial charge in [-0.25, -0.2) is 4.98 Å². The molecule has 3 aromatic carbocycles. The van der Waals surface area contributed by atoms with Gasteiger partial charge in [0, 0.05) is 29.6 Å². The number of anilines is 1. The highest BCUT2D eigenvalue weighted by Crippen LogP contribution is 2.30. The largest absolute Gasteiger partial charge is 0.329 e. The van der Waals surface area contributed by atoms with Crippen LogP contribution in [0.15, 0.2) is 91.1 Å². The van der Waals surface area contributed by atoms with Crippen LogP contribution in [0.2, 0.25) is 0 Å². The van der Waals surface area contributed by atoms with Gasteiger partial charge >= 0.3 is 0 Å². The van der Waals surface area contributed by atoms with Crippen molar-refractivity contribution in [3.05, 3.63) is 102 Å². The summed E-state index contributed by atoms with van der Waals surface area (Å²) in [5.41, 5.74) is 4.30. The highest BCUT2D eigenvalue weighted by molar-refractivity contribution is 5.99. The minimum absolute atomic E-state index is 0.0223. The summed E-state index contributed by atoms with van der Waals surface area (Å²) in [5.74, 6) is 0.499. The van der Waals surface area contributed by atoms with Gasteiger partial charge in [0.05, 0.1) is 5.69 Å². The SMILES string of the molecule is Cc1ccc(C(=O)N(CC(=O)Nc2nc(-c3ccccc3)cn2-c2ccccc2)CC2CC2)cc1. The lowest BCUT2D eigenvalue weighted by Gasteiger charge is -2.22. The zero-order valence-electron chi connectivity index (χ0n) is 19.7. The van der Waals surface area contributed by atoms with Gasteiger partial charge in [-0.05, 0) is 49.9 Å². The topological polar surface area (TPSA) is 67.2 Å². The Labute approximate surface area is 205 Å². The number of aromatic nitrogens is 2. The molecule has 1 aromatic heterocycles. The third kappa shape index (κ3) is 5.49. The number of nitrogens with zero attached hydrogens (tertiary/aromatic N) is 3. The summed E-state index contributed by atoms with van der Waals surface area (Å²) in [4.78, 5) is 32.8. The van der Waals surface area contributed by atoms with E-state index in [9.17, 15) is 9.59 Å². The van der Waals surface area contributed by atoms with Gasteiger partial charge in [-0.3, -0.25) is 19.5 Å². The fourth-order valence-electron chi connectivity index (χ4n) is 4.05. The maximum absolute atomic E-state index is 13.2. The molecule has 2 amide bonds. The molecule has 1 heterocycles. The van der Waals surface area contributed by atoms with E-state index in [-0.39, 0.29) is 18.4 Å². The standard InChI is InChI=1S/C29H28N4O2/c1-21-12-16-24(17-13-21)28(35)32(18-22-14-15-22)20-27(34)31-29-30-26(23-8-4-2-5-9-23)19-33(29)25-10-6-3-7-11-25/h2-13,16-17,19,22H,14-15,18,20H2,1H3,(H,30,31,34). The minimum atomic E-state index is -0.270. The molecule has 5 rings (SSSR count). The molecule has 6 nitrogen and oxygen atoms in total. The number of aryl methyl sites for hydroxylation is 1. The molecule has 0 unspecified atom stereocenters. The number of imidazole rings is 1. The molecule has 0 spiro atoms. The molecule has 0 bridgehead atoms. The van der Waals surface area contributed by atoms with Crippen molar-refractivity contribution in [1.29, 1.82) is 0 Å². The Kier molecular flexibility index (Phi) is 6.44. The predicted molar refractivity (Wildman–Crippen MR) is 137 cm³/mol. The Bertz CT molecular complexity index is 1310. The van der Waals surface area contributed by atoms with Crippen molar-refractivity contribution in [2.75, 3.05) is 18.4 Å². The molecule has 1 N–H and O–H groups in total.